The maximum atomic E-state index is 3.86. The van der Waals surface area contributed by atoms with Crippen molar-refractivity contribution < 1.29 is 0 Å². The summed E-state index contributed by atoms with van der Waals surface area (Å²) in [5.41, 5.74) is 9.82. The van der Waals surface area contributed by atoms with Crippen molar-refractivity contribution in [3.05, 3.63) is 95.1 Å². The molecule has 0 N–H and O–H groups in total. The predicted octanol–water partition coefficient (Wildman–Crippen LogP) is 7.03. The van der Waals surface area contributed by atoms with E-state index in [0.717, 1.165) is 11.3 Å². The van der Waals surface area contributed by atoms with E-state index in [0.29, 0.717) is 0 Å². The fraction of sp³-hybridized carbons (Fsp3) is 0.167. The Morgan fingerprint density at radius 2 is 1.16 bits per heavy atom. The Bertz CT molecular complexity index is 852. The van der Waals surface area contributed by atoms with E-state index in [2.05, 4.69) is 99.8 Å². The van der Waals surface area contributed by atoms with Gasteiger partial charge in [0.05, 0.1) is 0 Å². The summed E-state index contributed by atoms with van der Waals surface area (Å²) in [5.74, 6) is 0. The van der Waals surface area contributed by atoms with Gasteiger partial charge in [-0.1, -0.05) is 60.2 Å². The standard InChI is InChI=1S/C24H25N/c1-6-21-9-11-22(12-10-21)25(23-13-7-17(2)15-19(23)4)24-14-8-18(3)16-20(24)5/h6-16H,1H2,2-5H3. The van der Waals surface area contributed by atoms with Crippen LogP contribution in [0, 0.1) is 27.7 Å². The van der Waals surface area contributed by atoms with Gasteiger partial charge in [0.1, 0.15) is 0 Å². The van der Waals surface area contributed by atoms with Gasteiger partial charge < -0.3 is 4.90 Å². The molecule has 126 valence electrons. The highest BCUT2D eigenvalue weighted by molar-refractivity contribution is 5.80. The van der Waals surface area contributed by atoms with E-state index >= 15 is 0 Å². The van der Waals surface area contributed by atoms with Gasteiger partial charge in [0, 0.05) is 17.1 Å². The van der Waals surface area contributed by atoms with Crippen LogP contribution in [0.3, 0.4) is 0 Å². The minimum Gasteiger partial charge on any atom is -0.310 e. The molecule has 0 heterocycles. The number of nitrogens with zero attached hydrogens (tertiary/aromatic N) is 1. The molecular weight excluding hydrogens is 302 g/mol. The van der Waals surface area contributed by atoms with E-state index in [1.54, 1.807) is 0 Å². The summed E-state index contributed by atoms with van der Waals surface area (Å²) >= 11 is 0. The lowest BCUT2D eigenvalue weighted by Crippen LogP contribution is -2.12. The van der Waals surface area contributed by atoms with Crippen LogP contribution in [0.1, 0.15) is 27.8 Å². The fourth-order valence-electron chi connectivity index (χ4n) is 3.28. The Balaban J connectivity index is 2.21. The zero-order chi connectivity index (χ0) is 18.0. The first kappa shape index (κ1) is 17.0. The number of aryl methyl sites for hydroxylation is 4. The molecule has 3 aromatic rings. The van der Waals surface area contributed by atoms with Crippen LogP contribution in [0.5, 0.6) is 0 Å². The van der Waals surface area contributed by atoms with Crippen LogP contribution in [-0.4, -0.2) is 0 Å². The van der Waals surface area contributed by atoms with Crippen LogP contribution in [0.15, 0.2) is 67.2 Å². The molecule has 0 amide bonds. The molecule has 0 bridgehead atoms. The Morgan fingerprint density at radius 1 is 0.680 bits per heavy atom. The maximum absolute atomic E-state index is 3.86. The minimum absolute atomic E-state index is 1.13. The molecule has 0 atom stereocenters. The second kappa shape index (κ2) is 6.98. The van der Waals surface area contributed by atoms with Crippen molar-refractivity contribution in [3.8, 4) is 0 Å². The number of hydrogen-bond donors (Lipinski definition) is 0. The Kier molecular flexibility index (Phi) is 4.76. The molecule has 0 aromatic heterocycles. The van der Waals surface area contributed by atoms with E-state index in [4.69, 9.17) is 0 Å². The lowest BCUT2D eigenvalue weighted by molar-refractivity contribution is 1.21. The molecule has 0 aliphatic rings. The topological polar surface area (TPSA) is 3.24 Å². The molecule has 0 unspecified atom stereocenters. The largest absolute Gasteiger partial charge is 0.310 e. The molecule has 0 saturated heterocycles. The van der Waals surface area contributed by atoms with Crippen LogP contribution in [-0.2, 0) is 0 Å². The number of hydrogen-bond acceptors (Lipinski definition) is 1. The second-order valence-electron chi connectivity index (χ2n) is 6.71. The SMILES string of the molecule is C=Cc1ccc(N(c2ccc(C)cc2C)c2ccc(C)cc2C)cc1. The van der Waals surface area contributed by atoms with E-state index in [9.17, 15) is 0 Å². The van der Waals surface area contributed by atoms with Gasteiger partial charge in [0.2, 0.25) is 0 Å². The van der Waals surface area contributed by atoms with Crippen molar-refractivity contribution in [2.75, 3.05) is 4.90 Å². The highest BCUT2D eigenvalue weighted by Gasteiger charge is 2.16. The van der Waals surface area contributed by atoms with Crippen LogP contribution in [0.4, 0.5) is 17.1 Å². The number of anilines is 3. The van der Waals surface area contributed by atoms with E-state index < -0.39 is 0 Å². The first-order valence-corrected chi connectivity index (χ1v) is 8.67. The second-order valence-corrected chi connectivity index (χ2v) is 6.71. The van der Waals surface area contributed by atoms with Crippen molar-refractivity contribution in [1.82, 2.24) is 0 Å². The summed E-state index contributed by atoms with van der Waals surface area (Å²) < 4.78 is 0. The molecule has 0 aliphatic carbocycles. The predicted molar refractivity (Wildman–Crippen MR) is 110 cm³/mol. The molecule has 0 spiro atoms. The Hall–Kier alpha value is -2.80. The number of benzene rings is 3. The van der Waals surface area contributed by atoms with Gasteiger partial charge >= 0.3 is 0 Å². The summed E-state index contributed by atoms with van der Waals surface area (Å²) in [6, 6.07) is 21.8. The van der Waals surface area contributed by atoms with Crippen molar-refractivity contribution in [3.63, 3.8) is 0 Å². The Labute approximate surface area is 151 Å². The van der Waals surface area contributed by atoms with Crippen LogP contribution in [0.25, 0.3) is 6.08 Å². The molecule has 3 aromatic carbocycles. The Morgan fingerprint density at radius 3 is 1.56 bits per heavy atom. The van der Waals surface area contributed by atoms with Crippen LogP contribution in [0.2, 0.25) is 0 Å². The zero-order valence-electron chi connectivity index (χ0n) is 15.5. The van der Waals surface area contributed by atoms with E-state index in [1.165, 1.54) is 33.6 Å². The third-order valence-electron chi connectivity index (χ3n) is 4.57. The summed E-state index contributed by atoms with van der Waals surface area (Å²) in [7, 11) is 0. The van der Waals surface area contributed by atoms with Gasteiger partial charge in [-0.2, -0.15) is 0 Å². The van der Waals surface area contributed by atoms with E-state index in [-0.39, 0.29) is 0 Å². The van der Waals surface area contributed by atoms with Gasteiger partial charge in [-0.15, -0.1) is 0 Å². The van der Waals surface area contributed by atoms with Gasteiger partial charge in [-0.05, 0) is 68.7 Å². The van der Waals surface area contributed by atoms with Crippen molar-refractivity contribution in [2.45, 2.75) is 27.7 Å². The minimum atomic E-state index is 1.13. The third kappa shape index (κ3) is 3.51. The molecule has 25 heavy (non-hydrogen) atoms. The molecule has 0 fully saturated rings. The van der Waals surface area contributed by atoms with Gasteiger partial charge in [-0.3, -0.25) is 0 Å². The van der Waals surface area contributed by atoms with Crippen LogP contribution < -0.4 is 4.90 Å². The lowest BCUT2D eigenvalue weighted by Gasteiger charge is -2.29. The fourth-order valence-corrected chi connectivity index (χ4v) is 3.28. The summed E-state index contributed by atoms with van der Waals surface area (Å²) in [6.07, 6.45) is 1.88. The molecule has 0 aliphatic heterocycles. The van der Waals surface area contributed by atoms with Crippen molar-refractivity contribution in [2.24, 2.45) is 0 Å². The molecule has 1 heteroatoms. The lowest BCUT2D eigenvalue weighted by atomic mass is 10.0. The maximum Gasteiger partial charge on any atom is 0.0491 e. The van der Waals surface area contributed by atoms with Crippen molar-refractivity contribution >= 4 is 23.1 Å². The van der Waals surface area contributed by atoms with Gasteiger partial charge in [-0.25, -0.2) is 0 Å². The smallest absolute Gasteiger partial charge is 0.0491 e. The normalized spacial score (nSPS) is 10.6. The summed E-state index contributed by atoms with van der Waals surface area (Å²) in [5, 5.41) is 0. The zero-order valence-corrected chi connectivity index (χ0v) is 15.5. The average Bonchev–Trinajstić information content (AvgIpc) is 2.59. The van der Waals surface area contributed by atoms with E-state index in [1.807, 2.05) is 6.08 Å². The summed E-state index contributed by atoms with van der Waals surface area (Å²) in [4.78, 5) is 2.34. The molecule has 0 radical (unpaired) electrons. The molecule has 3 rings (SSSR count). The van der Waals surface area contributed by atoms with Gasteiger partial charge in [0.15, 0.2) is 0 Å². The van der Waals surface area contributed by atoms with Crippen molar-refractivity contribution in [1.29, 1.82) is 0 Å². The first-order chi connectivity index (χ1) is 12.0. The average molecular weight is 327 g/mol. The number of rotatable bonds is 4. The highest BCUT2D eigenvalue weighted by atomic mass is 15.1. The quantitative estimate of drug-likeness (QED) is 0.497. The highest BCUT2D eigenvalue weighted by Crippen LogP contribution is 2.38. The molecular formula is C24H25N. The molecule has 0 saturated carbocycles. The molecule has 1 nitrogen and oxygen atoms in total. The van der Waals surface area contributed by atoms with Gasteiger partial charge in [0.25, 0.3) is 0 Å². The summed E-state index contributed by atoms with van der Waals surface area (Å²) in [6.45, 7) is 12.5. The third-order valence-corrected chi connectivity index (χ3v) is 4.57. The monoisotopic (exact) mass is 327 g/mol. The van der Waals surface area contributed by atoms with Crippen LogP contribution >= 0.6 is 0 Å². The first-order valence-electron chi connectivity index (χ1n) is 8.67.